The maximum Gasteiger partial charge on any atom is 0.131 e. The molecule has 6 heteroatoms. The summed E-state index contributed by atoms with van der Waals surface area (Å²) in [5.41, 5.74) is 2.49. The van der Waals surface area contributed by atoms with E-state index < -0.39 is 0 Å². The van der Waals surface area contributed by atoms with E-state index in [1.54, 1.807) is 6.33 Å². The Kier molecular flexibility index (Phi) is 5.81. The van der Waals surface area contributed by atoms with Gasteiger partial charge in [-0.15, -0.1) is 11.3 Å². The van der Waals surface area contributed by atoms with Crippen LogP contribution in [0.2, 0.25) is 0 Å². The number of nitrogens with zero attached hydrogens (tertiary/aromatic N) is 4. The highest BCUT2D eigenvalue weighted by Gasteiger charge is 2.20. The van der Waals surface area contributed by atoms with E-state index in [0.717, 1.165) is 50.8 Å². The summed E-state index contributed by atoms with van der Waals surface area (Å²) < 4.78 is 5.84. The Morgan fingerprint density at radius 3 is 3.00 bits per heavy atom. The number of hydrogen-bond acceptors (Lipinski definition) is 6. The summed E-state index contributed by atoms with van der Waals surface area (Å²) in [5, 5.41) is 2.18. The molecule has 0 unspecified atom stereocenters. The summed E-state index contributed by atoms with van der Waals surface area (Å²) in [6.45, 7) is 6.89. The quantitative estimate of drug-likeness (QED) is 0.832. The normalized spacial score (nSPS) is 19.2. The molecule has 0 aliphatic carbocycles. The van der Waals surface area contributed by atoms with E-state index in [0.29, 0.717) is 5.92 Å². The van der Waals surface area contributed by atoms with E-state index in [2.05, 4.69) is 39.3 Å². The molecule has 0 aromatic carbocycles. The van der Waals surface area contributed by atoms with Crippen LogP contribution in [0.25, 0.3) is 0 Å². The Hall–Kier alpha value is -1.50. The summed E-state index contributed by atoms with van der Waals surface area (Å²) in [4.78, 5) is 14.7. The van der Waals surface area contributed by atoms with Gasteiger partial charge in [0.2, 0.25) is 0 Å². The van der Waals surface area contributed by atoms with Gasteiger partial charge < -0.3 is 9.64 Å². The lowest BCUT2D eigenvalue weighted by molar-refractivity contribution is 0.121. The molecular formula is C18H26N4OS. The fourth-order valence-corrected chi connectivity index (χ4v) is 3.97. The van der Waals surface area contributed by atoms with E-state index in [1.165, 1.54) is 10.4 Å². The summed E-state index contributed by atoms with van der Waals surface area (Å²) in [6, 6.07) is 4.29. The molecule has 0 spiro atoms. The maximum absolute atomic E-state index is 5.84. The molecule has 1 aliphatic heterocycles. The highest BCUT2D eigenvalue weighted by Crippen LogP contribution is 2.21. The van der Waals surface area contributed by atoms with E-state index in [9.17, 15) is 0 Å². The number of ether oxygens (including phenoxy) is 1. The average Bonchev–Trinajstić information content (AvgIpc) is 2.83. The Balaban J connectivity index is 1.64. The Morgan fingerprint density at radius 1 is 1.38 bits per heavy atom. The van der Waals surface area contributed by atoms with Crippen molar-refractivity contribution in [2.24, 2.45) is 5.92 Å². The minimum atomic E-state index is 0.470. The van der Waals surface area contributed by atoms with Crippen molar-refractivity contribution in [3.63, 3.8) is 0 Å². The van der Waals surface area contributed by atoms with Gasteiger partial charge in [0.25, 0.3) is 0 Å². The van der Waals surface area contributed by atoms with Gasteiger partial charge in [-0.2, -0.15) is 0 Å². The first kappa shape index (κ1) is 17.3. The van der Waals surface area contributed by atoms with Crippen LogP contribution in [0.15, 0.2) is 23.8 Å². The van der Waals surface area contributed by atoms with E-state index in [-0.39, 0.29) is 0 Å². The molecule has 3 rings (SSSR count). The van der Waals surface area contributed by atoms with Crippen molar-refractivity contribution in [2.75, 3.05) is 45.3 Å². The van der Waals surface area contributed by atoms with Crippen LogP contribution < -0.4 is 4.90 Å². The topological polar surface area (TPSA) is 41.5 Å². The smallest absolute Gasteiger partial charge is 0.131 e. The standard InChI is InChI=1S/C18H26N4OS/c1-14-4-7-24-17(14)11-22-5-6-23-12-15(10-22)8-16-9-18(21(2)3)20-13-19-16/h4,7,9,13,15H,5-6,8,10-12H2,1-3H3/t15-/m0/s1. The molecule has 24 heavy (non-hydrogen) atoms. The van der Waals surface area contributed by atoms with Crippen molar-refractivity contribution in [2.45, 2.75) is 19.9 Å². The van der Waals surface area contributed by atoms with Crippen LogP contribution in [0, 0.1) is 12.8 Å². The second-order valence-electron chi connectivity index (χ2n) is 6.67. The van der Waals surface area contributed by atoms with Gasteiger partial charge in [0.1, 0.15) is 12.1 Å². The van der Waals surface area contributed by atoms with Crippen molar-refractivity contribution in [1.82, 2.24) is 14.9 Å². The van der Waals surface area contributed by atoms with Crippen molar-refractivity contribution in [1.29, 1.82) is 0 Å². The van der Waals surface area contributed by atoms with Gasteiger partial charge in [-0.1, -0.05) is 0 Å². The molecule has 5 nitrogen and oxygen atoms in total. The Bertz CT molecular complexity index is 658. The van der Waals surface area contributed by atoms with Gasteiger partial charge in [0, 0.05) is 56.3 Å². The van der Waals surface area contributed by atoms with E-state index >= 15 is 0 Å². The number of aryl methyl sites for hydroxylation is 1. The van der Waals surface area contributed by atoms with E-state index in [4.69, 9.17) is 4.74 Å². The fraction of sp³-hybridized carbons (Fsp3) is 0.556. The lowest BCUT2D eigenvalue weighted by atomic mass is 10.0. The monoisotopic (exact) mass is 346 g/mol. The third-order valence-electron chi connectivity index (χ3n) is 4.42. The summed E-state index contributed by atoms with van der Waals surface area (Å²) >= 11 is 1.85. The number of thiophene rings is 1. The first-order valence-electron chi connectivity index (χ1n) is 8.43. The van der Waals surface area contributed by atoms with Gasteiger partial charge in [0.05, 0.1) is 13.2 Å². The van der Waals surface area contributed by atoms with Crippen LogP contribution in [-0.4, -0.2) is 55.3 Å². The third kappa shape index (κ3) is 4.53. The second kappa shape index (κ2) is 8.05. The van der Waals surface area contributed by atoms with Crippen LogP contribution in [0.4, 0.5) is 5.82 Å². The molecule has 0 saturated carbocycles. The van der Waals surface area contributed by atoms with Gasteiger partial charge in [-0.3, -0.25) is 4.90 Å². The predicted octanol–water partition coefficient (Wildman–Crippen LogP) is 2.60. The lowest BCUT2D eigenvalue weighted by Crippen LogP contribution is -2.30. The molecule has 2 aromatic rings. The molecule has 0 radical (unpaired) electrons. The Morgan fingerprint density at radius 2 is 2.25 bits per heavy atom. The molecule has 0 bridgehead atoms. The second-order valence-corrected chi connectivity index (χ2v) is 7.67. The van der Waals surface area contributed by atoms with Crippen molar-refractivity contribution in [3.8, 4) is 0 Å². The van der Waals surface area contributed by atoms with Crippen molar-refractivity contribution >= 4 is 17.2 Å². The molecule has 1 atom stereocenters. The van der Waals surface area contributed by atoms with Crippen LogP contribution in [0.3, 0.4) is 0 Å². The molecule has 0 amide bonds. The van der Waals surface area contributed by atoms with E-state index in [1.807, 2.05) is 30.3 Å². The molecule has 0 N–H and O–H groups in total. The zero-order valence-corrected chi connectivity index (χ0v) is 15.6. The largest absolute Gasteiger partial charge is 0.380 e. The lowest BCUT2D eigenvalue weighted by Gasteiger charge is -2.23. The number of anilines is 1. The zero-order valence-electron chi connectivity index (χ0n) is 14.7. The van der Waals surface area contributed by atoms with Crippen LogP contribution in [0.5, 0.6) is 0 Å². The molecular weight excluding hydrogens is 320 g/mol. The van der Waals surface area contributed by atoms with Crippen molar-refractivity contribution in [3.05, 3.63) is 40.0 Å². The SMILES string of the molecule is Cc1ccsc1CN1CCOC[C@@H](Cc2cc(N(C)C)ncn2)C1. The van der Waals surface area contributed by atoms with Crippen LogP contribution in [0.1, 0.15) is 16.1 Å². The number of aromatic nitrogens is 2. The molecule has 1 fully saturated rings. The fourth-order valence-electron chi connectivity index (χ4n) is 3.03. The summed E-state index contributed by atoms with van der Waals surface area (Å²) in [6.07, 6.45) is 2.60. The maximum atomic E-state index is 5.84. The zero-order chi connectivity index (χ0) is 16.9. The highest BCUT2D eigenvalue weighted by atomic mass is 32.1. The molecule has 130 valence electrons. The predicted molar refractivity (Wildman–Crippen MR) is 98.7 cm³/mol. The molecule has 1 saturated heterocycles. The molecule has 2 aromatic heterocycles. The number of hydrogen-bond donors (Lipinski definition) is 0. The molecule has 3 heterocycles. The summed E-state index contributed by atoms with van der Waals surface area (Å²) in [5.74, 6) is 1.43. The highest BCUT2D eigenvalue weighted by molar-refractivity contribution is 7.10. The minimum Gasteiger partial charge on any atom is -0.380 e. The minimum absolute atomic E-state index is 0.470. The van der Waals surface area contributed by atoms with Gasteiger partial charge >= 0.3 is 0 Å². The summed E-state index contributed by atoms with van der Waals surface area (Å²) in [7, 11) is 4.01. The molecule has 1 aliphatic rings. The van der Waals surface area contributed by atoms with Gasteiger partial charge in [-0.25, -0.2) is 9.97 Å². The van der Waals surface area contributed by atoms with Crippen LogP contribution in [-0.2, 0) is 17.7 Å². The van der Waals surface area contributed by atoms with Crippen molar-refractivity contribution < 1.29 is 4.74 Å². The number of rotatable bonds is 5. The van der Waals surface area contributed by atoms with Crippen LogP contribution >= 0.6 is 11.3 Å². The Labute approximate surface area is 148 Å². The third-order valence-corrected chi connectivity index (χ3v) is 5.43. The van der Waals surface area contributed by atoms with Gasteiger partial charge in [-0.05, 0) is 30.4 Å². The first-order valence-corrected chi connectivity index (χ1v) is 9.31. The average molecular weight is 347 g/mol. The van der Waals surface area contributed by atoms with Gasteiger partial charge in [0.15, 0.2) is 0 Å². The first-order chi connectivity index (χ1) is 11.6.